The largest absolute Gasteiger partial charge is 0.278 e. The smallest absolute Gasteiger partial charge is 0.0893 e. The van der Waals surface area contributed by atoms with E-state index < -0.39 is 0 Å². The van der Waals surface area contributed by atoms with Crippen molar-refractivity contribution in [2.45, 2.75) is 0 Å². The van der Waals surface area contributed by atoms with Crippen LogP contribution in [0.1, 0.15) is 5.56 Å². The lowest BCUT2D eigenvalue weighted by molar-refractivity contribution is 1.29. The maximum atomic E-state index is 5.90. The number of rotatable bonds is 3. The Morgan fingerprint density at radius 3 is 2.70 bits per heavy atom. The molecule has 0 aliphatic carbocycles. The van der Waals surface area contributed by atoms with Crippen molar-refractivity contribution in [1.29, 1.82) is 0 Å². The number of nitrogens with one attached hydrogen (secondary N) is 1. The zero-order valence-electron chi connectivity index (χ0n) is 10.5. The molecule has 0 aliphatic rings. The summed E-state index contributed by atoms with van der Waals surface area (Å²) in [5.41, 5.74) is 6.44. The van der Waals surface area contributed by atoms with Crippen molar-refractivity contribution in [3.63, 3.8) is 0 Å². The fourth-order valence-corrected chi connectivity index (χ4v) is 1.99. The van der Waals surface area contributed by atoms with Crippen molar-refractivity contribution in [2.75, 3.05) is 5.43 Å². The van der Waals surface area contributed by atoms with Crippen molar-refractivity contribution in [3.05, 3.63) is 65.4 Å². The van der Waals surface area contributed by atoms with Crippen molar-refractivity contribution in [1.82, 2.24) is 9.97 Å². The van der Waals surface area contributed by atoms with Crippen molar-refractivity contribution in [3.8, 4) is 0 Å². The Balaban J connectivity index is 1.77. The zero-order valence-corrected chi connectivity index (χ0v) is 11.2. The summed E-state index contributed by atoms with van der Waals surface area (Å²) in [6.07, 6.45) is 5.08. The van der Waals surface area contributed by atoms with Crippen molar-refractivity contribution in [2.24, 2.45) is 5.10 Å². The molecule has 0 fully saturated rings. The molecule has 98 valence electrons. The number of nitrogens with zero attached hydrogens (tertiary/aromatic N) is 3. The Kier molecular flexibility index (Phi) is 3.56. The van der Waals surface area contributed by atoms with E-state index in [9.17, 15) is 0 Å². The van der Waals surface area contributed by atoms with Gasteiger partial charge in [0.05, 0.1) is 22.9 Å². The maximum absolute atomic E-state index is 5.90. The monoisotopic (exact) mass is 282 g/mol. The third kappa shape index (κ3) is 2.92. The molecule has 20 heavy (non-hydrogen) atoms. The Morgan fingerprint density at radius 2 is 1.85 bits per heavy atom. The molecule has 4 nitrogen and oxygen atoms in total. The van der Waals surface area contributed by atoms with E-state index in [1.807, 2.05) is 42.5 Å². The number of anilines is 1. The molecule has 1 N–H and O–H groups in total. The van der Waals surface area contributed by atoms with E-state index in [0.29, 0.717) is 5.02 Å². The van der Waals surface area contributed by atoms with Gasteiger partial charge in [-0.1, -0.05) is 23.7 Å². The number of fused-ring (bicyclic) bond motifs is 1. The standard InChI is InChI=1S/C15H11ClN4/c16-12-2-1-3-13(9-12)20-19-10-11-4-5-14-15(8-11)18-7-6-17-14/h1-10,20H/b19-10+. The molecular weight excluding hydrogens is 272 g/mol. The van der Waals surface area contributed by atoms with Gasteiger partial charge in [0.25, 0.3) is 0 Å². The molecule has 3 aromatic rings. The zero-order chi connectivity index (χ0) is 13.8. The maximum Gasteiger partial charge on any atom is 0.0893 e. The van der Waals surface area contributed by atoms with Gasteiger partial charge in [-0.2, -0.15) is 5.10 Å². The third-order valence-corrected chi connectivity index (χ3v) is 2.96. The fourth-order valence-electron chi connectivity index (χ4n) is 1.80. The highest BCUT2D eigenvalue weighted by molar-refractivity contribution is 6.30. The molecule has 0 spiro atoms. The molecule has 0 saturated carbocycles. The topological polar surface area (TPSA) is 50.2 Å². The van der Waals surface area contributed by atoms with E-state index in [2.05, 4.69) is 20.5 Å². The van der Waals surface area contributed by atoms with E-state index in [0.717, 1.165) is 22.3 Å². The highest BCUT2D eigenvalue weighted by Gasteiger charge is 1.96. The molecule has 0 amide bonds. The summed E-state index contributed by atoms with van der Waals surface area (Å²) < 4.78 is 0. The number of halogens is 1. The average molecular weight is 283 g/mol. The number of hydrogen-bond acceptors (Lipinski definition) is 4. The van der Waals surface area contributed by atoms with E-state index in [-0.39, 0.29) is 0 Å². The molecule has 3 rings (SSSR count). The highest BCUT2D eigenvalue weighted by Crippen LogP contribution is 2.15. The van der Waals surface area contributed by atoms with Gasteiger partial charge in [0, 0.05) is 17.4 Å². The first-order valence-electron chi connectivity index (χ1n) is 6.07. The van der Waals surface area contributed by atoms with Crippen LogP contribution in [0.4, 0.5) is 5.69 Å². The van der Waals surface area contributed by atoms with Gasteiger partial charge in [-0.15, -0.1) is 0 Å². The molecule has 5 heteroatoms. The van der Waals surface area contributed by atoms with Crippen LogP contribution in [0.15, 0.2) is 60.0 Å². The summed E-state index contributed by atoms with van der Waals surface area (Å²) >= 11 is 5.90. The predicted molar refractivity (Wildman–Crippen MR) is 82.2 cm³/mol. The molecule has 0 aliphatic heterocycles. The summed E-state index contributed by atoms with van der Waals surface area (Å²) in [6, 6.07) is 13.2. The van der Waals surface area contributed by atoms with Crippen molar-refractivity contribution >= 4 is 34.5 Å². The molecule has 2 aromatic carbocycles. The SMILES string of the molecule is Clc1cccc(N/N=C/c2ccc3nccnc3c2)c1. The van der Waals surface area contributed by atoms with Crippen LogP contribution in [-0.4, -0.2) is 16.2 Å². The van der Waals surface area contributed by atoms with E-state index in [4.69, 9.17) is 11.6 Å². The van der Waals surface area contributed by atoms with Gasteiger partial charge in [-0.05, 0) is 35.9 Å². The number of hydrogen-bond donors (Lipinski definition) is 1. The Labute approximate surface area is 121 Å². The van der Waals surface area contributed by atoms with Gasteiger partial charge in [-0.3, -0.25) is 15.4 Å². The highest BCUT2D eigenvalue weighted by atomic mass is 35.5. The van der Waals surface area contributed by atoms with Gasteiger partial charge in [0.15, 0.2) is 0 Å². The summed E-state index contributed by atoms with van der Waals surface area (Å²) in [6.45, 7) is 0. The molecule has 1 heterocycles. The minimum absolute atomic E-state index is 0.672. The number of hydrazone groups is 1. The molecule has 0 radical (unpaired) electrons. The number of benzene rings is 2. The number of aromatic nitrogens is 2. The van der Waals surface area contributed by atoms with Gasteiger partial charge in [0.1, 0.15) is 0 Å². The van der Waals surface area contributed by atoms with Crippen LogP contribution in [0.25, 0.3) is 11.0 Å². The van der Waals surface area contributed by atoms with Crippen molar-refractivity contribution < 1.29 is 0 Å². The lowest BCUT2D eigenvalue weighted by atomic mass is 10.2. The Morgan fingerprint density at radius 1 is 1.00 bits per heavy atom. The summed E-state index contributed by atoms with van der Waals surface area (Å²) in [5.74, 6) is 0. The normalized spacial score (nSPS) is 11.1. The van der Waals surface area contributed by atoms with Crippen LogP contribution < -0.4 is 5.43 Å². The Bertz CT molecular complexity index is 770. The van der Waals surface area contributed by atoms with Gasteiger partial charge < -0.3 is 0 Å². The first kappa shape index (κ1) is 12.6. The first-order chi connectivity index (χ1) is 9.81. The third-order valence-electron chi connectivity index (χ3n) is 2.73. The van der Waals surface area contributed by atoms with E-state index in [1.165, 1.54) is 0 Å². The second-order valence-corrected chi connectivity index (χ2v) is 4.62. The molecule has 0 bridgehead atoms. The minimum atomic E-state index is 0.672. The summed E-state index contributed by atoms with van der Waals surface area (Å²) in [7, 11) is 0. The van der Waals surface area contributed by atoms with E-state index in [1.54, 1.807) is 18.6 Å². The Hall–Kier alpha value is -2.46. The molecule has 1 aromatic heterocycles. The van der Waals surface area contributed by atoms with Crippen LogP contribution in [0, 0.1) is 0 Å². The minimum Gasteiger partial charge on any atom is -0.278 e. The van der Waals surface area contributed by atoms with Crippen LogP contribution in [0.3, 0.4) is 0 Å². The van der Waals surface area contributed by atoms with Crippen LogP contribution in [-0.2, 0) is 0 Å². The van der Waals surface area contributed by atoms with Crippen LogP contribution >= 0.6 is 11.6 Å². The second kappa shape index (κ2) is 5.67. The summed E-state index contributed by atoms with van der Waals surface area (Å²) in [5, 5.41) is 4.85. The average Bonchev–Trinajstić information content (AvgIpc) is 2.47. The van der Waals surface area contributed by atoms with Crippen LogP contribution in [0.2, 0.25) is 5.02 Å². The molecule has 0 saturated heterocycles. The lowest BCUT2D eigenvalue weighted by Gasteiger charge is -2.00. The second-order valence-electron chi connectivity index (χ2n) is 4.18. The molecular formula is C15H11ClN4. The molecule has 0 unspecified atom stereocenters. The lowest BCUT2D eigenvalue weighted by Crippen LogP contribution is -1.91. The van der Waals surface area contributed by atoms with Gasteiger partial charge in [0.2, 0.25) is 0 Å². The fraction of sp³-hybridized carbons (Fsp3) is 0. The van der Waals surface area contributed by atoms with Gasteiger partial charge in [-0.25, -0.2) is 0 Å². The van der Waals surface area contributed by atoms with Crippen LogP contribution in [0.5, 0.6) is 0 Å². The van der Waals surface area contributed by atoms with E-state index >= 15 is 0 Å². The summed E-state index contributed by atoms with van der Waals surface area (Å²) in [4.78, 5) is 8.48. The molecule has 0 atom stereocenters. The predicted octanol–water partition coefficient (Wildman–Crippen LogP) is 3.73. The first-order valence-corrected chi connectivity index (χ1v) is 6.44. The quantitative estimate of drug-likeness (QED) is 0.588. The van der Waals surface area contributed by atoms with Gasteiger partial charge >= 0.3 is 0 Å².